The Bertz CT molecular complexity index is 561. The minimum absolute atomic E-state index is 0.465. The summed E-state index contributed by atoms with van der Waals surface area (Å²) in [5.41, 5.74) is 2.36. The largest absolute Gasteiger partial charge is 0.380 e. The van der Waals surface area contributed by atoms with Crippen molar-refractivity contribution in [3.8, 4) is 6.07 Å². The average molecular weight is 288 g/mol. The normalized spacial score (nSPS) is 9.65. The fourth-order valence-corrected chi connectivity index (χ4v) is 1.90. The molecule has 0 fully saturated rings. The molecule has 2 rings (SSSR count). The minimum Gasteiger partial charge on any atom is -0.380 e. The fourth-order valence-electron chi connectivity index (χ4n) is 1.48. The molecular formula is C13H10BrN3. The molecule has 0 aliphatic rings. The first-order valence-electron chi connectivity index (χ1n) is 5.13. The number of benzene rings is 1. The molecule has 1 heterocycles. The Balaban J connectivity index is 2.13. The van der Waals surface area contributed by atoms with Gasteiger partial charge in [-0.25, -0.2) is 4.98 Å². The van der Waals surface area contributed by atoms with E-state index in [0.29, 0.717) is 12.2 Å². The van der Waals surface area contributed by atoms with Gasteiger partial charge in [-0.1, -0.05) is 18.2 Å². The van der Waals surface area contributed by atoms with Crippen molar-refractivity contribution in [2.45, 2.75) is 6.54 Å². The molecule has 0 saturated carbocycles. The van der Waals surface area contributed by atoms with Gasteiger partial charge in [-0.15, -0.1) is 0 Å². The molecule has 1 N–H and O–H groups in total. The Morgan fingerprint density at radius 3 is 2.82 bits per heavy atom. The van der Waals surface area contributed by atoms with Gasteiger partial charge in [0.2, 0.25) is 0 Å². The van der Waals surface area contributed by atoms with Crippen LogP contribution in [0.1, 0.15) is 11.3 Å². The van der Waals surface area contributed by atoms with E-state index in [2.05, 4.69) is 32.3 Å². The number of aromatic nitrogens is 1. The minimum atomic E-state index is 0.465. The topological polar surface area (TPSA) is 48.7 Å². The summed E-state index contributed by atoms with van der Waals surface area (Å²) in [6.45, 7) is 0.583. The first kappa shape index (κ1) is 11.6. The number of nitriles is 1. The van der Waals surface area contributed by atoms with E-state index in [1.54, 1.807) is 6.20 Å². The smallest absolute Gasteiger partial charge is 0.145 e. The summed E-state index contributed by atoms with van der Waals surface area (Å²) >= 11 is 3.46. The molecule has 1 aromatic heterocycles. The zero-order chi connectivity index (χ0) is 12.1. The van der Waals surface area contributed by atoms with Crippen LogP contribution in [0.25, 0.3) is 0 Å². The van der Waals surface area contributed by atoms with Gasteiger partial charge in [0.25, 0.3) is 0 Å². The second-order valence-electron chi connectivity index (χ2n) is 3.46. The van der Waals surface area contributed by atoms with Crippen molar-refractivity contribution in [2.24, 2.45) is 0 Å². The van der Waals surface area contributed by atoms with E-state index in [9.17, 15) is 0 Å². The van der Waals surface area contributed by atoms with Gasteiger partial charge in [0.15, 0.2) is 0 Å². The number of nitrogens with zero attached hydrogens (tertiary/aromatic N) is 2. The third kappa shape index (κ3) is 2.83. The molecule has 3 nitrogen and oxygen atoms in total. The fraction of sp³-hybridized carbons (Fsp3) is 0.0769. The molecule has 0 bridgehead atoms. The van der Waals surface area contributed by atoms with Crippen LogP contribution in [-0.4, -0.2) is 4.98 Å². The molecule has 4 heteroatoms. The summed E-state index contributed by atoms with van der Waals surface area (Å²) in [6.07, 6.45) is 1.63. The standard InChI is InChI=1S/C13H10BrN3/c14-11-5-1-2-6-12(11)17-9-10-4-3-7-16-13(10)8-15/h1-7,17H,9H2. The first-order valence-corrected chi connectivity index (χ1v) is 5.93. The maximum atomic E-state index is 8.92. The Kier molecular flexibility index (Phi) is 3.73. The molecule has 1 aromatic carbocycles. The number of pyridine rings is 1. The number of halogens is 1. The lowest BCUT2D eigenvalue weighted by Crippen LogP contribution is -2.03. The van der Waals surface area contributed by atoms with Crippen LogP contribution < -0.4 is 5.32 Å². The monoisotopic (exact) mass is 287 g/mol. The Morgan fingerprint density at radius 1 is 1.24 bits per heavy atom. The number of anilines is 1. The van der Waals surface area contributed by atoms with E-state index in [-0.39, 0.29) is 0 Å². The van der Waals surface area contributed by atoms with Gasteiger partial charge in [-0.2, -0.15) is 5.26 Å². The predicted molar refractivity (Wildman–Crippen MR) is 70.4 cm³/mol. The lowest BCUT2D eigenvalue weighted by atomic mass is 10.2. The van der Waals surface area contributed by atoms with E-state index in [4.69, 9.17) is 5.26 Å². The van der Waals surface area contributed by atoms with Crippen molar-refractivity contribution in [3.05, 3.63) is 58.3 Å². The van der Waals surface area contributed by atoms with Crippen LogP contribution in [0.3, 0.4) is 0 Å². The zero-order valence-electron chi connectivity index (χ0n) is 9.02. The van der Waals surface area contributed by atoms with Gasteiger partial charge in [-0.3, -0.25) is 0 Å². The van der Waals surface area contributed by atoms with E-state index >= 15 is 0 Å². The van der Waals surface area contributed by atoms with Gasteiger partial charge in [0.05, 0.1) is 0 Å². The number of rotatable bonds is 3. The molecular weight excluding hydrogens is 278 g/mol. The Labute approximate surface area is 108 Å². The molecule has 0 unspecified atom stereocenters. The molecule has 0 atom stereocenters. The molecule has 0 aliphatic carbocycles. The highest BCUT2D eigenvalue weighted by Crippen LogP contribution is 2.22. The van der Waals surface area contributed by atoms with Crippen LogP contribution in [0, 0.1) is 11.3 Å². The second-order valence-corrected chi connectivity index (χ2v) is 4.31. The second kappa shape index (κ2) is 5.46. The number of para-hydroxylation sites is 1. The maximum Gasteiger partial charge on any atom is 0.145 e. The summed E-state index contributed by atoms with van der Waals surface area (Å²) in [4.78, 5) is 4.02. The van der Waals surface area contributed by atoms with Crippen LogP contribution >= 0.6 is 15.9 Å². The van der Waals surface area contributed by atoms with E-state index in [1.807, 2.05) is 36.4 Å². The quantitative estimate of drug-likeness (QED) is 0.942. The predicted octanol–water partition coefficient (Wildman–Crippen LogP) is 3.33. The molecule has 0 aliphatic heterocycles. The van der Waals surface area contributed by atoms with E-state index in [1.165, 1.54) is 0 Å². The summed E-state index contributed by atoms with van der Waals surface area (Å²) in [5.74, 6) is 0. The van der Waals surface area contributed by atoms with Gasteiger partial charge in [0, 0.05) is 28.5 Å². The van der Waals surface area contributed by atoms with Crippen molar-refractivity contribution in [2.75, 3.05) is 5.32 Å². The zero-order valence-corrected chi connectivity index (χ0v) is 10.6. The maximum absolute atomic E-state index is 8.92. The first-order chi connectivity index (χ1) is 8.31. The van der Waals surface area contributed by atoms with Crippen molar-refractivity contribution in [1.29, 1.82) is 5.26 Å². The van der Waals surface area contributed by atoms with Crippen LogP contribution in [0.4, 0.5) is 5.69 Å². The van der Waals surface area contributed by atoms with Crippen molar-refractivity contribution < 1.29 is 0 Å². The van der Waals surface area contributed by atoms with Gasteiger partial charge >= 0.3 is 0 Å². The number of hydrogen-bond donors (Lipinski definition) is 1. The van der Waals surface area contributed by atoms with Crippen LogP contribution in [-0.2, 0) is 6.54 Å². The lowest BCUT2D eigenvalue weighted by molar-refractivity contribution is 1.09. The summed E-state index contributed by atoms with van der Waals surface area (Å²) < 4.78 is 1.00. The van der Waals surface area contributed by atoms with E-state index < -0.39 is 0 Å². The molecule has 2 aromatic rings. The highest BCUT2D eigenvalue weighted by molar-refractivity contribution is 9.10. The lowest BCUT2D eigenvalue weighted by Gasteiger charge is -2.08. The van der Waals surface area contributed by atoms with Gasteiger partial charge < -0.3 is 5.32 Å². The molecule has 0 saturated heterocycles. The molecule has 84 valence electrons. The van der Waals surface area contributed by atoms with Crippen LogP contribution in [0.5, 0.6) is 0 Å². The molecule has 0 spiro atoms. The van der Waals surface area contributed by atoms with Crippen molar-refractivity contribution in [1.82, 2.24) is 4.98 Å². The van der Waals surface area contributed by atoms with Crippen molar-refractivity contribution >= 4 is 21.6 Å². The SMILES string of the molecule is N#Cc1ncccc1CNc1ccccc1Br. The highest BCUT2D eigenvalue weighted by Gasteiger charge is 2.03. The highest BCUT2D eigenvalue weighted by atomic mass is 79.9. The Hall–Kier alpha value is -1.86. The summed E-state index contributed by atoms with van der Waals surface area (Å²) in [7, 11) is 0. The molecule has 17 heavy (non-hydrogen) atoms. The summed E-state index contributed by atoms with van der Waals surface area (Å²) in [6, 6.07) is 13.7. The molecule has 0 amide bonds. The third-order valence-electron chi connectivity index (χ3n) is 2.34. The summed E-state index contributed by atoms with van der Waals surface area (Å²) in [5, 5.41) is 12.2. The van der Waals surface area contributed by atoms with E-state index in [0.717, 1.165) is 15.7 Å². The number of nitrogens with one attached hydrogen (secondary N) is 1. The van der Waals surface area contributed by atoms with Crippen LogP contribution in [0.2, 0.25) is 0 Å². The third-order valence-corrected chi connectivity index (χ3v) is 3.03. The number of hydrogen-bond acceptors (Lipinski definition) is 3. The van der Waals surface area contributed by atoms with Crippen molar-refractivity contribution in [3.63, 3.8) is 0 Å². The van der Waals surface area contributed by atoms with Crippen LogP contribution in [0.15, 0.2) is 47.1 Å². The van der Waals surface area contributed by atoms with Gasteiger partial charge in [0.1, 0.15) is 11.8 Å². The molecule has 0 radical (unpaired) electrons. The van der Waals surface area contributed by atoms with Gasteiger partial charge in [-0.05, 0) is 34.1 Å². The average Bonchev–Trinajstić information content (AvgIpc) is 2.38. The Morgan fingerprint density at radius 2 is 2.06 bits per heavy atom.